The van der Waals surface area contributed by atoms with Crippen LogP contribution < -0.4 is 4.90 Å². The molecule has 0 unspecified atom stereocenters. The predicted molar refractivity (Wildman–Crippen MR) is 104 cm³/mol. The van der Waals surface area contributed by atoms with E-state index in [0.717, 1.165) is 30.5 Å². The van der Waals surface area contributed by atoms with Crippen LogP contribution in [0.15, 0.2) is 30.3 Å². The molecule has 3 aliphatic heterocycles. The van der Waals surface area contributed by atoms with Crippen LogP contribution in [-0.4, -0.2) is 41.8 Å². The second-order valence-corrected chi connectivity index (χ2v) is 8.09. The van der Waals surface area contributed by atoms with Gasteiger partial charge >= 0.3 is 6.09 Å². The van der Waals surface area contributed by atoms with Gasteiger partial charge in [0.05, 0.1) is 10.0 Å². The Hall–Kier alpha value is -1.91. The van der Waals surface area contributed by atoms with Gasteiger partial charge in [0, 0.05) is 42.8 Å². The molecule has 0 bridgehead atoms. The Balaban J connectivity index is 1.63. The van der Waals surface area contributed by atoms with E-state index < -0.39 is 6.09 Å². The molecule has 1 saturated heterocycles. The summed E-state index contributed by atoms with van der Waals surface area (Å²) < 4.78 is 0. The van der Waals surface area contributed by atoms with Crippen LogP contribution in [0.2, 0.25) is 10.0 Å². The number of piperidine rings is 1. The quantitative estimate of drug-likeness (QED) is 0.757. The Labute approximate surface area is 161 Å². The molecule has 5 rings (SSSR count). The molecule has 2 atom stereocenters. The van der Waals surface area contributed by atoms with Gasteiger partial charge in [-0.2, -0.15) is 0 Å². The highest BCUT2D eigenvalue weighted by Crippen LogP contribution is 2.51. The zero-order valence-corrected chi connectivity index (χ0v) is 15.6. The van der Waals surface area contributed by atoms with E-state index in [-0.39, 0.29) is 5.92 Å². The van der Waals surface area contributed by atoms with Crippen molar-refractivity contribution in [2.45, 2.75) is 24.8 Å². The van der Waals surface area contributed by atoms with Gasteiger partial charge in [0.2, 0.25) is 0 Å². The summed E-state index contributed by atoms with van der Waals surface area (Å²) in [6.07, 6.45) is 1.09. The molecule has 2 aromatic rings. The van der Waals surface area contributed by atoms with Crippen molar-refractivity contribution in [1.82, 2.24) is 4.90 Å². The Morgan fingerprint density at radius 2 is 2.04 bits per heavy atom. The average molecular weight is 389 g/mol. The number of halogens is 2. The summed E-state index contributed by atoms with van der Waals surface area (Å²) in [4.78, 5) is 15.5. The first-order valence-corrected chi connectivity index (χ1v) is 9.66. The fraction of sp³-hybridized carbons (Fsp3) is 0.350. The number of anilines is 1. The van der Waals surface area contributed by atoms with Gasteiger partial charge in [0.1, 0.15) is 0 Å². The van der Waals surface area contributed by atoms with Gasteiger partial charge in [0.25, 0.3) is 0 Å². The summed E-state index contributed by atoms with van der Waals surface area (Å²) in [6, 6.07) is 10.5. The zero-order chi connectivity index (χ0) is 18.0. The third kappa shape index (κ3) is 2.25. The van der Waals surface area contributed by atoms with Crippen molar-refractivity contribution in [3.05, 3.63) is 51.5 Å². The first-order valence-electron chi connectivity index (χ1n) is 8.90. The van der Waals surface area contributed by atoms with Gasteiger partial charge in [-0.3, -0.25) is 0 Å². The second-order valence-electron chi connectivity index (χ2n) is 7.31. The minimum atomic E-state index is -0.824. The fourth-order valence-corrected chi connectivity index (χ4v) is 5.31. The number of benzene rings is 2. The van der Waals surface area contributed by atoms with Crippen LogP contribution in [-0.2, 0) is 6.42 Å². The van der Waals surface area contributed by atoms with Gasteiger partial charge < -0.3 is 14.9 Å². The maximum atomic E-state index is 11.5. The van der Waals surface area contributed by atoms with Gasteiger partial charge in [-0.15, -0.1) is 0 Å². The van der Waals surface area contributed by atoms with E-state index in [2.05, 4.69) is 17.0 Å². The molecule has 4 nitrogen and oxygen atoms in total. The minimum absolute atomic E-state index is 0.229. The average Bonchev–Trinajstić information content (AvgIpc) is 3.19. The molecule has 0 radical (unpaired) electrons. The molecule has 0 saturated carbocycles. The molecule has 3 heterocycles. The molecule has 1 N–H and O–H groups in total. The van der Waals surface area contributed by atoms with Crippen LogP contribution in [0.3, 0.4) is 0 Å². The third-order valence-electron chi connectivity index (χ3n) is 6.04. The van der Waals surface area contributed by atoms with Crippen molar-refractivity contribution in [2.75, 3.05) is 24.5 Å². The highest BCUT2D eigenvalue weighted by molar-refractivity contribution is 6.43. The lowest BCUT2D eigenvalue weighted by Gasteiger charge is -2.37. The maximum absolute atomic E-state index is 11.5. The Kier molecular flexibility index (Phi) is 3.63. The van der Waals surface area contributed by atoms with Crippen molar-refractivity contribution in [3.63, 3.8) is 0 Å². The van der Waals surface area contributed by atoms with E-state index in [0.29, 0.717) is 29.2 Å². The number of hydrogen-bond acceptors (Lipinski definition) is 2. The summed E-state index contributed by atoms with van der Waals surface area (Å²) in [5.74, 6) is 0.229. The van der Waals surface area contributed by atoms with E-state index >= 15 is 0 Å². The second kappa shape index (κ2) is 5.80. The first-order chi connectivity index (χ1) is 12.5. The molecule has 134 valence electrons. The number of carboxylic acid groups (broad SMARTS) is 1. The molecule has 1 fully saturated rings. The van der Waals surface area contributed by atoms with E-state index in [1.165, 1.54) is 16.8 Å². The lowest BCUT2D eigenvalue weighted by atomic mass is 9.86. The lowest BCUT2D eigenvalue weighted by Crippen LogP contribution is -2.47. The van der Waals surface area contributed by atoms with Gasteiger partial charge in [-0.05, 0) is 47.7 Å². The highest BCUT2D eigenvalue weighted by Gasteiger charge is 2.45. The van der Waals surface area contributed by atoms with E-state index in [4.69, 9.17) is 23.2 Å². The van der Waals surface area contributed by atoms with Crippen molar-refractivity contribution in [2.24, 2.45) is 0 Å². The third-order valence-corrected chi connectivity index (χ3v) is 6.86. The molecular weight excluding hydrogens is 371 g/mol. The van der Waals surface area contributed by atoms with Crippen molar-refractivity contribution in [3.8, 4) is 11.1 Å². The topological polar surface area (TPSA) is 43.8 Å². The molecule has 3 aliphatic rings. The summed E-state index contributed by atoms with van der Waals surface area (Å²) in [7, 11) is 0. The normalized spacial score (nSPS) is 23.2. The van der Waals surface area contributed by atoms with Crippen LogP contribution >= 0.6 is 23.2 Å². The summed E-state index contributed by atoms with van der Waals surface area (Å²) in [6.45, 7) is 2.20. The molecule has 0 aliphatic carbocycles. The largest absolute Gasteiger partial charge is 0.465 e. The molecule has 2 aromatic carbocycles. The number of carbonyl (C=O) groups is 1. The van der Waals surface area contributed by atoms with Crippen LogP contribution in [0.4, 0.5) is 10.5 Å². The van der Waals surface area contributed by atoms with Gasteiger partial charge in [-0.1, -0.05) is 35.3 Å². The van der Waals surface area contributed by atoms with Crippen molar-refractivity contribution >= 4 is 35.0 Å². The number of hydrogen-bond donors (Lipinski definition) is 1. The summed E-state index contributed by atoms with van der Waals surface area (Å²) >= 11 is 12.7. The smallest absolute Gasteiger partial charge is 0.407 e. The summed E-state index contributed by atoms with van der Waals surface area (Å²) in [5.41, 5.74) is 5.94. The van der Waals surface area contributed by atoms with Gasteiger partial charge in [-0.25, -0.2) is 4.79 Å². The van der Waals surface area contributed by atoms with E-state index in [1.54, 1.807) is 11.0 Å². The lowest BCUT2D eigenvalue weighted by molar-refractivity contribution is 0.127. The Morgan fingerprint density at radius 1 is 1.19 bits per heavy atom. The molecule has 0 spiro atoms. The van der Waals surface area contributed by atoms with Crippen LogP contribution in [0, 0.1) is 0 Å². The number of likely N-dealkylation sites (tertiary alicyclic amines) is 1. The molecule has 6 heteroatoms. The highest BCUT2D eigenvalue weighted by atomic mass is 35.5. The molecule has 0 aromatic heterocycles. The fourth-order valence-electron chi connectivity index (χ4n) is 4.90. The van der Waals surface area contributed by atoms with Crippen LogP contribution in [0.1, 0.15) is 23.5 Å². The van der Waals surface area contributed by atoms with E-state index in [1.807, 2.05) is 12.1 Å². The maximum Gasteiger partial charge on any atom is 0.407 e. The Morgan fingerprint density at radius 3 is 2.85 bits per heavy atom. The van der Waals surface area contributed by atoms with Crippen molar-refractivity contribution in [1.29, 1.82) is 0 Å². The zero-order valence-electron chi connectivity index (χ0n) is 14.1. The Bertz CT molecular complexity index is 930. The number of fused-ring (bicyclic) bond motifs is 3. The molecule has 1 amide bonds. The van der Waals surface area contributed by atoms with Crippen LogP contribution in [0.25, 0.3) is 11.1 Å². The standard InChI is InChI=1S/C20H18Cl2N2O2/c21-16-3-1-2-13(18(16)22)12-8-11-4-7-24-17-5-6-23(20(25)26)10-15(17)14(9-12)19(11)24/h1-3,8-9,15,17H,4-7,10H2,(H,25,26)/t15-,17-/m1/s1. The number of amides is 1. The SMILES string of the molecule is O=C(O)N1CC[C@@H]2[C@H](C1)c1cc(-c3cccc(Cl)c3Cl)cc3c1N2CC3. The molecular formula is C20H18Cl2N2O2. The molecule has 26 heavy (non-hydrogen) atoms. The first kappa shape index (κ1) is 16.3. The minimum Gasteiger partial charge on any atom is -0.465 e. The summed E-state index contributed by atoms with van der Waals surface area (Å²) in [5, 5.41) is 10.5. The van der Waals surface area contributed by atoms with Crippen LogP contribution in [0.5, 0.6) is 0 Å². The van der Waals surface area contributed by atoms with E-state index in [9.17, 15) is 9.90 Å². The number of rotatable bonds is 1. The number of nitrogens with zero attached hydrogens (tertiary/aromatic N) is 2. The predicted octanol–water partition coefficient (Wildman–Crippen LogP) is 4.87. The van der Waals surface area contributed by atoms with Gasteiger partial charge in [0.15, 0.2) is 0 Å². The monoisotopic (exact) mass is 388 g/mol. The van der Waals surface area contributed by atoms with Crippen molar-refractivity contribution < 1.29 is 9.90 Å².